The molecule has 0 aliphatic carbocycles. The van der Waals surface area contributed by atoms with Gasteiger partial charge in [-0.25, -0.2) is 9.97 Å². The molecule has 0 saturated carbocycles. The smallest absolute Gasteiger partial charge is 0.224 e. The van der Waals surface area contributed by atoms with Gasteiger partial charge in [-0.3, -0.25) is 0 Å². The summed E-state index contributed by atoms with van der Waals surface area (Å²) < 4.78 is 0. The van der Waals surface area contributed by atoms with Crippen molar-refractivity contribution in [3.63, 3.8) is 0 Å². The van der Waals surface area contributed by atoms with Gasteiger partial charge in [0.15, 0.2) is 0 Å². The molecule has 1 aromatic rings. The van der Waals surface area contributed by atoms with Crippen LogP contribution < -0.4 is 10.6 Å². The first-order valence-electron chi connectivity index (χ1n) is 4.67. The van der Waals surface area contributed by atoms with Crippen molar-refractivity contribution in [3.05, 3.63) is 17.0 Å². The molecule has 0 bridgehead atoms. The quantitative estimate of drug-likeness (QED) is 0.764. The zero-order chi connectivity index (χ0) is 10.1. The van der Waals surface area contributed by atoms with Crippen LogP contribution in [0.3, 0.4) is 0 Å². The maximum atomic E-state index is 5.82. The van der Waals surface area contributed by atoms with Crippen molar-refractivity contribution < 1.29 is 0 Å². The number of anilines is 1. The molecule has 1 saturated heterocycles. The predicted octanol–water partition coefficient (Wildman–Crippen LogP) is 1.40. The molecule has 1 aliphatic rings. The van der Waals surface area contributed by atoms with Crippen LogP contribution in [-0.4, -0.2) is 29.1 Å². The van der Waals surface area contributed by atoms with E-state index in [1.54, 1.807) is 0 Å². The fourth-order valence-electron chi connectivity index (χ4n) is 1.67. The summed E-state index contributed by atoms with van der Waals surface area (Å²) in [7, 11) is 0. The molecule has 4 nitrogen and oxygen atoms in total. The first-order valence-corrected chi connectivity index (χ1v) is 5.04. The highest BCUT2D eigenvalue weighted by Crippen LogP contribution is 2.19. The maximum Gasteiger partial charge on any atom is 0.224 e. The lowest BCUT2D eigenvalue weighted by atomic mass is 10.3. The van der Waals surface area contributed by atoms with Crippen LogP contribution in [0.2, 0.25) is 5.28 Å². The highest BCUT2D eigenvalue weighted by Gasteiger charge is 2.20. The van der Waals surface area contributed by atoms with Crippen LogP contribution in [0.25, 0.3) is 0 Å². The van der Waals surface area contributed by atoms with Gasteiger partial charge in [0, 0.05) is 30.9 Å². The molecule has 0 radical (unpaired) electrons. The fourth-order valence-corrected chi connectivity index (χ4v) is 1.89. The summed E-state index contributed by atoms with van der Waals surface area (Å²) in [5.74, 6) is 0.885. The van der Waals surface area contributed by atoms with Gasteiger partial charge in [0.1, 0.15) is 5.82 Å². The van der Waals surface area contributed by atoms with Crippen molar-refractivity contribution >= 4 is 29.8 Å². The summed E-state index contributed by atoms with van der Waals surface area (Å²) in [6.45, 7) is 3.72. The molecular weight excluding hydrogens is 235 g/mol. The summed E-state index contributed by atoms with van der Waals surface area (Å²) in [6.07, 6.45) is 1.01. The number of aromatic nitrogens is 2. The van der Waals surface area contributed by atoms with Crippen molar-refractivity contribution in [1.29, 1.82) is 0 Å². The third-order valence-corrected chi connectivity index (χ3v) is 2.53. The van der Waals surface area contributed by atoms with Crippen LogP contribution in [0.1, 0.15) is 12.1 Å². The van der Waals surface area contributed by atoms with Gasteiger partial charge in [-0.05, 0) is 24.9 Å². The summed E-state index contributed by atoms with van der Waals surface area (Å²) in [5, 5.41) is 0.306. The number of nitrogens with two attached hydrogens (primary N) is 1. The minimum Gasteiger partial charge on any atom is -0.355 e. The zero-order valence-electron chi connectivity index (χ0n) is 8.48. The third-order valence-electron chi connectivity index (χ3n) is 2.36. The molecule has 1 aromatic heterocycles. The zero-order valence-corrected chi connectivity index (χ0v) is 10.1. The van der Waals surface area contributed by atoms with E-state index in [9.17, 15) is 0 Å². The molecule has 1 atom stereocenters. The van der Waals surface area contributed by atoms with Gasteiger partial charge < -0.3 is 10.6 Å². The molecule has 0 amide bonds. The van der Waals surface area contributed by atoms with Crippen LogP contribution in [0.15, 0.2) is 6.07 Å². The Morgan fingerprint density at radius 2 is 2.27 bits per heavy atom. The number of aryl methyl sites for hydroxylation is 1. The highest BCUT2D eigenvalue weighted by atomic mass is 35.5. The van der Waals surface area contributed by atoms with E-state index in [2.05, 4.69) is 14.9 Å². The van der Waals surface area contributed by atoms with Gasteiger partial charge in [-0.15, -0.1) is 12.4 Å². The molecule has 0 aromatic carbocycles. The Morgan fingerprint density at radius 3 is 2.80 bits per heavy atom. The van der Waals surface area contributed by atoms with E-state index in [0.717, 1.165) is 31.0 Å². The molecular formula is C9H14Cl2N4. The second-order valence-corrected chi connectivity index (χ2v) is 3.97. The van der Waals surface area contributed by atoms with Crippen molar-refractivity contribution in [2.45, 2.75) is 19.4 Å². The van der Waals surface area contributed by atoms with Gasteiger partial charge in [-0.1, -0.05) is 0 Å². The van der Waals surface area contributed by atoms with Crippen molar-refractivity contribution in [2.24, 2.45) is 5.73 Å². The standard InChI is InChI=1S/C9H13ClN4.ClH/c1-6-4-8(13-9(10)12-6)14-3-2-7(11)5-14;/h4,7H,2-3,5,11H2,1H3;1H. The van der Waals surface area contributed by atoms with Gasteiger partial charge in [0.2, 0.25) is 5.28 Å². The van der Waals surface area contributed by atoms with Crippen LogP contribution in [0.5, 0.6) is 0 Å². The Morgan fingerprint density at radius 1 is 1.53 bits per heavy atom. The molecule has 84 valence electrons. The highest BCUT2D eigenvalue weighted by molar-refractivity contribution is 6.28. The monoisotopic (exact) mass is 248 g/mol. The third kappa shape index (κ3) is 2.93. The molecule has 2 N–H and O–H groups in total. The van der Waals surface area contributed by atoms with Crippen LogP contribution in [0, 0.1) is 6.92 Å². The van der Waals surface area contributed by atoms with E-state index >= 15 is 0 Å². The van der Waals surface area contributed by atoms with Gasteiger partial charge >= 0.3 is 0 Å². The molecule has 15 heavy (non-hydrogen) atoms. The van der Waals surface area contributed by atoms with E-state index in [1.807, 2.05) is 13.0 Å². The Hall–Kier alpha value is -0.580. The first-order chi connectivity index (χ1) is 6.65. The Kier molecular flexibility index (Phi) is 4.13. The molecule has 0 spiro atoms. The minimum absolute atomic E-state index is 0. The van der Waals surface area contributed by atoms with Gasteiger partial charge in [0.25, 0.3) is 0 Å². The van der Waals surface area contributed by atoms with Crippen molar-refractivity contribution in [3.8, 4) is 0 Å². The average molecular weight is 249 g/mol. The Labute approximate surface area is 100 Å². The number of nitrogens with zero attached hydrogens (tertiary/aromatic N) is 3. The van der Waals surface area contributed by atoms with Gasteiger partial charge in [-0.2, -0.15) is 0 Å². The predicted molar refractivity (Wildman–Crippen MR) is 63.8 cm³/mol. The molecule has 2 rings (SSSR count). The molecule has 6 heteroatoms. The van der Waals surface area contributed by atoms with Gasteiger partial charge in [0.05, 0.1) is 0 Å². The number of hydrogen-bond donors (Lipinski definition) is 1. The second-order valence-electron chi connectivity index (χ2n) is 3.63. The second kappa shape index (κ2) is 4.96. The largest absolute Gasteiger partial charge is 0.355 e. The number of halogens is 2. The summed E-state index contributed by atoms with van der Waals surface area (Å²) >= 11 is 5.78. The molecule has 1 fully saturated rings. The summed E-state index contributed by atoms with van der Waals surface area (Å²) in [5.41, 5.74) is 6.71. The fraction of sp³-hybridized carbons (Fsp3) is 0.556. The maximum absolute atomic E-state index is 5.82. The summed E-state index contributed by atoms with van der Waals surface area (Å²) in [4.78, 5) is 10.3. The van der Waals surface area contributed by atoms with Crippen LogP contribution in [0.4, 0.5) is 5.82 Å². The van der Waals surface area contributed by atoms with Crippen LogP contribution in [-0.2, 0) is 0 Å². The van der Waals surface area contributed by atoms with E-state index < -0.39 is 0 Å². The minimum atomic E-state index is 0. The van der Waals surface area contributed by atoms with Crippen molar-refractivity contribution in [1.82, 2.24) is 9.97 Å². The average Bonchev–Trinajstić information content (AvgIpc) is 2.50. The lowest BCUT2D eigenvalue weighted by molar-refractivity contribution is 0.751. The van der Waals surface area contributed by atoms with E-state index in [-0.39, 0.29) is 18.4 Å². The SMILES string of the molecule is Cc1cc(N2CCC(N)C2)nc(Cl)n1.Cl. The van der Waals surface area contributed by atoms with E-state index in [1.165, 1.54) is 0 Å². The van der Waals surface area contributed by atoms with E-state index in [4.69, 9.17) is 17.3 Å². The van der Waals surface area contributed by atoms with Crippen molar-refractivity contribution in [2.75, 3.05) is 18.0 Å². The molecule has 1 unspecified atom stereocenters. The Bertz CT molecular complexity index is 325. The number of hydrogen-bond acceptors (Lipinski definition) is 4. The lowest BCUT2D eigenvalue weighted by Gasteiger charge is -2.16. The Balaban J connectivity index is 0.00000112. The normalized spacial score (nSPS) is 20.2. The molecule has 1 aliphatic heterocycles. The van der Waals surface area contributed by atoms with E-state index in [0.29, 0.717) is 5.28 Å². The topological polar surface area (TPSA) is 55.0 Å². The first kappa shape index (κ1) is 12.5. The summed E-state index contributed by atoms with van der Waals surface area (Å²) in [6, 6.07) is 2.19. The lowest BCUT2D eigenvalue weighted by Crippen LogP contribution is -2.27. The molecule has 2 heterocycles. The van der Waals surface area contributed by atoms with Crippen LogP contribution >= 0.6 is 24.0 Å². The number of rotatable bonds is 1.